The number of hydrogen-bond acceptors (Lipinski definition) is 4. The normalized spacial score (nSPS) is 29.7. The molecule has 2 heterocycles. The van der Waals surface area contributed by atoms with Crippen molar-refractivity contribution in [2.45, 2.75) is 38.8 Å². The fourth-order valence-corrected chi connectivity index (χ4v) is 6.95. The summed E-state index contributed by atoms with van der Waals surface area (Å²) in [5.74, 6) is 1.63. The minimum atomic E-state index is 0.0348. The molecule has 3 aromatic carbocycles. The van der Waals surface area contributed by atoms with E-state index in [1.54, 1.807) is 0 Å². The number of carbonyl (C=O) groups is 1. The molecule has 4 unspecified atom stereocenters. The topological polar surface area (TPSA) is 35.6 Å². The molecule has 38 heavy (non-hydrogen) atoms. The number of benzene rings is 3. The van der Waals surface area contributed by atoms with Crippen LogP contribution in [0.2, 0.25) is 0 Å². The summed E-state index contributed by atoms with van der Waals surface area (Å²) in [6, 6.07) is 32.0. The molecule has 3 aromatic rings. The fraction of sp³-hybridized carbons (Fsp3) is 0.441. The van der Waals surface area contributed by atoms with Crippen LogP contribution in [0.15, 0.2) is 91.0 Å². The molecule has 4 fully saturated rings. The zero-order valence-electron chi connectivity index (χ0n) is 22.5. The van der Waals surface area contributed by atoms with Gasteiger partial charge >= 0.3 is 0 Å². The van der Waals surface area contributed by atoms with Gasteiger partial charge in [0.25, 0.3) is 0 Å². The van der Waals surface area contributed by atoms with Gasteiger partial charge in [-0.3, -0.25) is 9.80 Å². The Morgan fingerprint density at radius 3 is 1.87 bits per heavy atom. The highest BCUT2D eigenvalue weighted by Crippen LogP contribution is 2.57. The number of nitrogens with one attached hydrogen (secondary N) is 1. The molecule has 4 heteroatoms. The first-order valence-corrected chi connectivity index (χ1v) is 14.4. The second-order valence-electron chi connectivity index (χ2n) is 12.2. The van der Waals surface area contributed by atoms with Crippen LogP contribution >= 0.6 is 0 Å². The number of nitrogens with zero attached hydrogens (tertiary/aromatic N) is 2. The van der Waals surface area contributed by atoms with Crippen LogP contribution in [0.5, 0.6) is 0 Å². The minimum Gasteiger partial charge on any atom is -0.384 e. The molecule has 0 amide bonds. The number of aldehydes is 1. The van der Waals surface area contributed by atoms with Gasteiger partial charge in [-0.1, -0.05) is 78.9 Å². The molecule has 1 N–H and O–H groups in total. The van der Waals surface area contributed by atoms with E-state index >= 15 is 0 Å². The van der Waals surface area contributed by atoms with Gasteiger partial charge in [0.1, 0.15) is 6.29 Å². The average molecular weight is 508 g/mol. The van der Waals surface area contributed by atoms with Crippen LogP contribution in [-0.2, 0) is 17.9 Å². The second-order valence-corrected chi connectivity index (χ2v) is 12.2. The Labute approximate surface area is 228 Å². The first kappa shape index (κ1) is 25.3. The lowest BCUT2D eigenvalue weighted by atomic mass is 9.96. The predicted octanol–water partition coefficient (Wildman–Crippen LogP) is 6.11. The molecule has 2 saturated carbocycles. The van der Waals surface area contributed by atoms with Gasteiger partial charge in [0.05, 0.1) is 0 Å². The molecule has 4 aliphatic rings. The van der Waals surface area contributed by atoms with Crippen molar-refractivity contribution in [3.05, 3.63) is 102 Å². The van der Waals surface area contributed by atoms with E-state index in [-0.39, 0.29) is 5.41 Å². The van der Waals surface area contributed by atoms with Crippen LogP contribution in [0.4, 0.5) is 5.69 Å². The highest BCUT2D eigenvalue weighted by Gasteiger charge is 2.57. The van der Waals surface area contributed by atoms with E-state index in [1.807, 2.05) is 6.07 Å². The Bertz CT molecular complexity index is 1180. The van der Waals surface area contributed by atoms with Crippen molar-refractivity contribution < 1.29 is 4.79 Å². The number of likely N-dealkylation sites (tertiary alicyclic amines) is 2. The maximum atomic E-state index is 11.1. The SMILES string of the molecule is O=CC12CC1CCN(Cc1ccccc1)C2.c1ccc(CN2CCC3CC3(CNc3ccccc3)C2)cc1. The van der Waals surface area contributed by atoms with Crippen molar-refractivity contribution in [3.8, 4) is 0 Å². The molecular weight excluding hydrogens is 466 g/mol. The van der Waals surface area contributed by atoms with E-state index in [9.17, 15) is 4.79 Å². The van der Waals surface area contributed by atoms with Crippen molar-refractivity contribution >= 4 is 12.0 Å². The lowest BCUT2D eigenvalue weighted by molar-refractivity contribution is -0.114. The number of rotatable bonds is 8. The largest absolute Gasteiger partial charge is 0.384 e. The maximum absolute atomic E-state index is 11.1. The standard InChI is InChI=1S/C20H24N2.C14H17NO/c1-3-7-17(8-4-1)14-22-12-11-18-13-20(18,16-22)15-21-19-9-5-2-6-10-19;16-11-14-8-13(14)6-7-15(10-14)9-12-4-2-1-3-5-12/h1-10,18,21H,11-16H2;1-5,11,13H,6-10H2. The van der Waals surface area contributed by atoms with E-state index in [2.05, 4.69) is 100 Å². The highest BCUT2D eigenvalue weighted by molar-refractivity contribution is 5.65. The smallest absolute Gasteiger partial charge is 0.127 e. The molecule has 2 saturated heterocycles. The van der Waals surface area contributed by atoms with Crippen molar-refractivity contribution in [1.29, 1.82) is 0 Å². The molecule has 4 nitrogen and oxygen atoms in total. The quantitative estimate of drug-likeness (QED) is 0.373. The maximum Gasteiger partial charge on any atom is 0.127 e. The van der Waals surface area contributed by atoms with Crippen molar-refractivity contribution in [2.75, 3.05) is 38.0 Å². The summed E-state index contributed by atoms with van der Waals surface area (Å²) >= 11 is 0. The highest BCUT2D eigenvalue weighted by atomic mass is 16.1. The molecule has 198 valence electrons. The molecule has 4 atom stereocenters. The summed E-state index contributed by atoms with van der Waals surface area (Å²) in [6.07, 6.45) is 6.30. The number of carbonyl (C=O) groups excluding carboxylic acids is 1. The lowest BCUT2D eigenvalue weighted by Gasteiger charge is -2.33. The Balaban J connectivity index is 0.000000146. The van der Waals surface area contributed by atoms with Gasteiger partial charge < -0.3 is 10.1 Å². The summed E-state index contributed by atoms with van der Waals surface area (Å²) in [5.41, 5.74) is 4.59. The summed E-state index contributed by atoms with van der Waals surface area (Å²) in [5, 5.41) is 3.65. The first-order chi connectivity index (χ1) is 18.7. The number of fused-ring (bicyclic) bond motifs is 2. The van der Waals surface area contributed by atoms with Crippen LogP contribution in [-0.4, -0.2) is 48.8 Å². The summed E-state index contributed by atoms with van der Waals surface area (Å²) in [4.78, 5) is 16.2. The van der Waals surface area contributed by atoms with E-state index in [1.165, 1.54) is 55.5 Å². The summed E-state index contributed by atoms with van der Waals surface area (Å²) in [7, 11) is 0. The molecule has 0 spiro atoms. The third-order valence-electron chi connectivity index (χ3n) is 9.43. The van der Waals surface area contributed by atoms with Crippen molar-refractivity contribution in [1.82, 2.24) is 9.80 Å². The zero-order chi connectivity index (χ0) is 25.8. The molecule has 2 aliphatic carbocycles. The molecule has 7 rings (SSSR count). The van der Waals surface area contributed by atoms with Crippen LogP contribution in [0, 0.1) is 22.7 Å². The molecule has 2 aliphatic heterocycles. The van der Waals surface area contributed by atoms with Gasteiger partial charge in [0, 0.05) is 49.2 Å². The fourth-order valence-electron chi connectivity index (χ4n) is 6.95. The Hall–Kier alpha value is -2.95. The Morgan fingerprint density at radius 2 is 1.26 bits per heavy atom. The number of piperidine rings is 2. The van der Waals surface area contributed by atoms with Crippen molar-refractivity contribution in [2.24, 2.45) is 22.7 Å². The van der Waals surface area contributed by atoms with Gasteiger partial charge in [-0.25, -0.2) is 0 Å². The van der Waals surface area contributed by atoms with E-state index in [0.717, 1.165) is 45.1 Å². The summed E-state index contributed by atoms with van der Waals surface area (Å²) in [6.45, 7) is 7.82. The van der Waals surface area contributed by atoms with Gasteiger partial charge in [-0.2, -0.15) is 0 Å². The third-order valence-corrected chi connectivity index (χ3v) is 9.43. The van der Waals surface area contributed by atoms with Crippen molar-refractivity contribution in [3.63, 3.8) is 0 Å². The molecule has 0 aromatic heterocycles. The second kappa shape index (κ2) is 11.0. The third kappa shape index (κ3) is 5.87. The van der Waals surface area contributed by atoms with Gasteiger partial charge in [-0.05, 0) is 73.9 Å². The molecule has 0 bridgehead atoms. The van der Waals surface area contributed by atoms with Crippen LogP contribution in [0.3, 0.4) is 0 Å². The van der Waals surface area contributed by atoms with Gasteiger partial charge in [0.2, 0.25) is 0 Å². The number of para-hydroxylation sites is 1. The van der Waals surface area contributed by atoms with E-state index in [0.29, 0.717) is 11.3 Å². The van der Waals surface area contributed by atoms with E-state index in [4.69, 9.17) is 0 Å². The van der Waals surface area contributed by atoms with Crippen LogP contribution in [0.1, 0.15) is 36.8 Å². The van der Waals surface area contributed by atoms with Crippen LogP contribution < -0.4 is 5.32 Å². The monoisotopic (exact) mass is 507 g/mol. The first-order valence-electron chi connectivity index (χ1n) is 14.4. The Kier molecular flexibility index (Phi) is 7.36. The minimum absolute atomic E-state index is 0.0348. The Morgan fingerprint density at radius 1 is 0.711 bits per heavy atom. The van der Waals surface area contributed by atoms with Gasteiger partial charge in [0.15, 0.2) is 0 Å². The summed E-state index contributed by atoms with van der Waals surface area (Å²) < 4.78 is 0. The lowest BCUT2D eigenvalue weighted by Crippen LogP contribution is -2.39. The molecule has 0 radical (unpaired) electrons. The van der Waals surface area contributed by atoms with Crippen LogP contribution in [0.25, 0.3) is 0 Å². The number of anilines is 1. The number of hydrogen-bond donors (Lipinski definition) is 1. The van der Waals surface area contributed by atoms with E-state index < -0.39 is 0 Å². The van der Waals surface area contributed by atoms with Gasteiger partial charge in [-0.15, -0.1) is 0 Å². The predicted molar refractivity (Wildman–Crippen MR) is 155 cm³/mol. The average Bonchev–Trinajstić information content (AvgIpc) is 3.87. The zero-order valence-corrected chi connectivity index (χ0v) is 22.5. The molecular formula is C34H41N3O.